The molecule has 2 aromatic rings. The minimum absolute atomic E-state index is 0.113. The molecule has 0 radical (unpaired) electrons. The van der Waals surface area contributed by atoms with Crippen LogP contribution in [0.4, 0.5) is 5.13 Å². The van der Waals surface area contributed by atoms with Crippen LogP contribution < -0.4 is 10.2 Å². The van der Waals surface area contributed by atoms with Gasteiger partial charge in [-0.15, -0.1) is 0 Å². The van der Waals surface area contributed by atoms with E-state index in [0.29, 0.717) is 13.0 Å². The molecule has 1 aromatic carbocycles. The van der Waals surface area contributed by atoms with Crippen molar-refractivity contribution in [1.82, 2.24) is 19.6 Å². The van der Waals surface area contributed by atoms with Gasteiger partial charge in [0.25, 0.3) is 0 Å². The molecule has 1 aromatic heterocycles. The van der Waals surface area contributed by atoms with E-state index in [4.69, 9.17) is 4.98 Å². The first-order valence-corrected chi connectivity index (χ1v) is 11.9. The Labute approximate surface area is 184 Å². The summed E-state index contributed by atoms with van der Waals surface area (Å²) in [5, 5.41) is 3.97. The summed E-state index contributed by atoms with van der Waals surface area (Å²) in [7, 11) is 0. The number of amides is 1. The van der Waals surface area contributed by atoms with Crippen LogP contribution in [0.2, 0.25) is 0 Å². The van der Waals surface area contributed by atoms with E-state index in [2.05, 4.69) is 64.5 Å². The number of anilines is 1. The second-order valence-corrected chi connectivity index (χ2v) is 9.18. The van der Waals surface area contributed by atoms with Gasteiger partial charge in [-0.2, -0.15) is 4.37 Å². The van der Waals surface area contributed by atoms with Crippen molar-refractivity contribution in [2.45, 2.75) is 58.9 Å². The summed E-state index contributed by atoms with van der Waals surface area (Å²) in [6.07, 6.45) is 5.12. The summed E-state index contributed by atoms with van der Waals surface area (Å²) in [6, 6.07) is 8.76. The van der Waals surface area contributed by atoms with E-state index in [9.17, 15) is 4.79 Å². The molecule has 30 heavy (non-hydrogen) atoms. The van der Waals surface area contributed by atoms with Crippen LogP contribution in [0.15, 0.2) is 24.3 Å². The van der Waals surface area contributed by atoms with Crippen molar-refractivity contribution in [3.63, 3.8) is 0 Å². The molecule has 0 atom stereocenters. The fourth-order valence-electron chi connectivity index (χ4n) is 3.74. The standard InChI is InChI=1S/C23H35N5OS/c1-18(2)28(15-11-22(29)24-12-16-27-13-5-4-6-14-27)23-25-21(26-30-23)17-20-9-7-19(3)8-10-20/h7-10,18H,4-6,11-17H2,1-3H3,(H,24,29). The van der Waals surface area contributed by atoms with Gasteiger partial charge in [0.05, 0.1) is 0 Å². The van der Waals surface area contributed by atoms with Gasteiger partial charge >= 0.3 is 0 Å². The zero-order chi connectivity index (χ0) is 21.3. The SMILES string of the molecule is Cc1ccc(Cc2nsc(N(CCC(=O)NCCN3CCCCC3)C(C)C)n2)cc1. The summed E-state index contributed by atoms with van der Waals surface area (Å²) >= 11 is 1.42. The smallest absolute Gasteiger partial charge is 0.221 e. The number of hydrogen-bond donors (Lipinski definition) is 1. The minimum Gasteiger partial charge on any atom is -0.355 e. The average Bonchev–Trinajstić information content (AvgIpc) is 3.18. The van der Waals surface area contributed by atoms with Crippen molar-refractivity contribution in [1.29, 1.82) is 0 Å². The maximum absolute atomic E-state index is 12.3. The normalized spacial score (nSPS) is 14.8. The van der Waals surface area contributed by atoms with E-state index in [0.717, 1.165) is 30.5 Å². The number of aryl methyl sites for hydroxylation is 1. The molecule has 0 spiro atoms. The summed E-state index contributed by atoms with van der Waals surface area (Å²) in [4.78, 5) is 21.7. The topological polar surface area (TPSA) is 61.4 Å². The van der Waals surface area contributed by atoms with E-state index in [1.54, 1.807) is 0 Å². The molecule has 7 heteroatoms. The van der Waals surface area contributed by atoms with Gasteiger partial charge in [-0.3, -0.25) is 4.79 Å². The van der Waals surface area contributed by atoms with Crippen molar-refractivity contribution in [3.8, 4) is 0 Å². The number of carbonyl (C=O) groups is 1. The third-order valence-electron chi connectivity index (χ3n) is 5.59. The molecular weight excluding hydrogens is 394 g/mol. The maximum atomic E-state index is 12.3. The molecule has 0 saturated carbocycles. The Hall–Kier alpha value is -1.99. The number of hydrogen-bond acceptors (Lipinski definition) is 6. The van der Waals surface area contributed by atoms with Crippen LogP contribution in [-0.2, 0) is 11.2 Å². The van der Waals surface area contributed by atoms with E-state index in [1.165, 1.54) is 55.0 Å². The van der Waals surface area contributed by atoms with E-state index in [1.807, 2.05) is 0 Å². The molecular formula is C23H35N5OS. The van der Waals surface area contributed by atoms with Crippen molar-refractivity contribution in [3.05, 3.63) is 41.2 Å². The number of rotatable bonds is 10. The summed E-state index contributed by atoms with van der Waals surface area (Å²) < 4.78 is 4.55. The highest BCUT2D eigenvalue weighted by Crippen LogP contribution is 2.21. The van der Waals surface area contributed by atoms with E-state index < -0.39 is 0 Å². The lowest BCUT2D eigenvalue weighted by Crippen LogP contribution is -2.39. The van der Waals surface area contributed by atoms with E-state index >= 15 is 0 Å². The van der Waals surface area contributed by atoms with Crippen LogP contribution in [0.5, 0.6) is 0 Å². The van der Waals surface area contributed by atoms with Crippen LogP contribution >= 0.6 is 11.5 Å². The van der Waals surface area contributed by atoms with Crippen LogP contribution in [0.25, 0.3) is 0 Å². The molecule has 1 N–H and O–H groups in total. The molecule has 1 saturated heterocycles. The first-order chi connectivity index (χ1) is 14.5. The molecule has 1 aliphatic rings. The second-order valence-electron chi connectivity index (χ2n) is 8.44. The Bertz CT molecular complexity index is 783. The summed E-state index contributed by atoms with van der Waals surface area (Å²) in [5.41, 5.74) is 2.47. The lowest BCUT2D eigenvalue weighted by molar-refractivity contribution is -0.120. The van der Waals surface area contributed by atoms with Crippen molar-refractivity contribution >= 4 is 22.6 Å². The number of benzene rings is 1. The molecule has 6 nitrogen and oxygen atoms in total. The first kappa shape index (κ1) is 22.7. The Balaban J connectivity index is 1.46. The summed E-state index contributed by atoms with van der Waals surface area (Å²) in [5.74, 6) is 0.956. The van der Waals surface area contributed by atoms with Crippen molar-refractivity contribution < 1.29 is 4.79 Å². The Kier molecular flexibility index (Phi) is 8.63. The van der Waals surface area contributed by atoms with Gasteiger partial charge in [0.2, 0.25) is 11.0 Å². The quantitative estimate of drug-likeness (QED) is 0.625. The fraction of sp³-hybridized carbons (Fsp3) is 0.609. The predicted molar refractivity (Wildman–Crippen MR) is 124 cm³/mol. The molecule has 1 aliphatic heterocycles. The van der Waals surface area contributed by atoms with Crippen LogP contribution in [0.3, 0.4) is 0 Å². The van der Waals surface area contributed by atoms with Crippen LogP contribution in [0.1, 0.15) is 56.5 Å². The Morgan fingerprint density at radius 1 is 1.20 bits per heavy atom. The number of nitrogens with zero attached hydrogens (tertiary/aromatic N) is 4. The molecule has 3 rings (SSSR count). The van der Waals surface area contributed by atoms with Crippen LogP contribution in [-0.4, -0.2) is 58.9 Å². The first-order valence-electron chi connectivity index (χ1n) is 11.1. The zero-order valence-corrected chi connectivity index (χ0v) is 19.4. The second kappa shape index (κ2) is 11.4. The van der Waals surface area contributed by atoms with Gasteiger partial charge in [0.15, 0.2) is 0 Å². The van der Waals surface area contributed by atoms with Gasteiger partial charge in [-0.05, 0) is 52.3 Å². The molecule has 164 valence electrons. The highest BCUT2D eigenvalue weighted by atomic mass is 32.1. The number of carbonyl (C=O) groups excluding carboxylic acids is 1. The molecule has 0 bridgehead atoms. The number of aromatic nitrogens is 2. The third-order valence-corrected chi connectivity index (χ3v) is 6.38. The molecule has 2 heterocycles. The van der Waals surface area contributed by atoms with Gasteiger partial charge in [-0.1, -0.05) is 36.2 Å². The number of nitrogens with one attached hydrogen (secondary N) is 1. The molecule has 1 fully saturated rings. The Morgan fingerprint density at radius 3 is 2.63 bits per heavy atom. The lowest BCUT2D eigenvalue weighted by atomic mass is 10.1. The predicted octanol–water partition coefficient (Wildman–Crippen LogP) is 3.64. The maximum Gasteiger partial charge on any atom is 0.221 e. The van der Waals surface area contributed by atoms with Crippen LogP contribution in [0, 0.1) is 6.92 Å². The lowest BCUT2D eigenvalue weighted by Gasteiger charge is -2.27. The molecule has 0 unspecified atom stereocenters. The van der Waals surface area contributed by atoms with Gasteiger partial charge < -0.3 is 15.1 Å². The monoisotopic (exact) mass is 429 g/mol. The molecule has 1 amide bonds. The van der Waals surface area contributed by atoms with Crippen molar-refractivity contribution in [2.75, 3.05) is 37.6 Å². The van der Waals surface area contributed by atoms with Gasteiger partial charge in [-0.25, -0.2) is 4.98 Å². The highest BCUT2D eigenvalue weighted by Gasteiger charge is 2.17. The highest BCUT2D eigenvalue weighted by molar-refractivity contribution is 7.09. The van der Waals surface area contributed by atoms with Gasteiger partial charge in [0, 0.05) is 50.1 Å². The Morgan fingerprint density at radius 2 is 1.93 bits per heavy atom. The summed E-state index contributed by atoms with van der Waals surface area (Å²) in [6.45, 7) is 11.0. The zero-order valence-electron chi connectivity index (χ0n) is 18.6. The van der Waals surface area contributed by atoms with E-state index in [-0.39, 0.29) is 11.9 Å². The van der Waals surface area contributed by atoms with Gasteiger partial charge in [0.1, 0.15) is 5.82 Å². The number of piperidine rings is 1. The fourth-order valence-corrected chi connectivity index (χ4v) is 4.59. The minimum atomic E-state index is 0.113. The average molecular weight is 430 g/mol. The number of likely N-dealkylation sites (tertiary alicyclic amines) is 1. The largest absolute Gasteiger partial charge is 0.355 e. The third kappa shape index (κ3) is 7.06. The van der Waals surface area contributed by atoms with Crippen molar-refractivity contribution in [2.24, 2.45) is 0 Å². The molecule has 0 aliphatic carbocycles.